The SMILES string of the molecule is CCCCCCCCCC/C=C\CCCCCCCCCCCCCCCCCCCCCCCCCCCC(=O)OC(COC(=O)CCCCCCCCCCCCCCCCC/C=C\CCCCCCCCCC)COC(OCC[N+](C)(C)C)C(=O)[O-]. The molecule has 9 heteroatoms. The van der Waals surface area contributed by atoms with Crippen LogP contribution in [0.25, 0.3) is 0 Å². The lowest BCUT2D eigenvalue weighted by atomic mass is 10.0. The van der Waals surface area contributed by atoms with Gasteiger partial charge in [0, 0.05) is 12.8 Å². The highest BCUT2D eigenvalue weighted by Gasteiger charge is 2.22. The molecule has 0 aromatic rings. The first kappa shape index (κ1) is 86.8. The van der Waals surface area contributed by atoms with Crippen LogP contribution in [0.3, 0.4) is 0 Å². The first-order valence-electron chi connectivity index (χ1n) is 39.5. The molecule has 0 rings (SSSR count). The predicted octanol–water partition coefficient (Wildman–Crippen LogP) is 23.6. The van der Waals surface area contributed by atoms with E-state index in [1.54, 1.807) is 0 Å². The van der Waals surface area contributed by atoms with E-state index < -0.39 is 24.3 Å². The molecule has 0 radical (unpaired) electrons. The van der Waals surface area contributed by atoms with Gasteiger partial charge in [-0.05, 0) is 64.2 Å². The number of rotatable bonds is 75. The number of ether oxygens (including phenoxy) is 4. The first-order chi connectivity index (χ1) is 43.6. The molecule has 0 saturated heterocycles. The topological polar surface area (TPSA) is 111 Å². The summed E-state index contributed by atoms with van der Waals surface area (Å²) in [5, 5.41) is 11.8. The van der Waals surface area contributed by atoms with Gasteiger partial charge in [0.15, 0.2) is 12.4 Å². The molecule has 0 amide bonds. The number of carbonyl (C=O) groups excluding carboxylic acids is 3. The molecule has 0 aromatic heterocycles. The van der Waals surface area contributed by atoms with E-state index in [9.17, 15) is 19.5 Å². The van der Waals surface area contributed by atoms with E-state index in [4.69, 9.17) is 18.9 Å². The molecular formula is C80H153NO8. The Balaban J connectivity index is 3.96. The quantitative estimate of drug-likeness (QED) is 0.0195. The molecule has 9 nitrogen and oxygen atoms in total. The van der Waals surface area contributed by atoms with Crippen molar-refractivity contribution in [3.8, 4) is 0 Å². The summed E-state index contributed by atoms with van der Waals surface area (Å²) in [7, 11) is 5.95. The van der Waals surface area contributed by atoms with Crippen LogP contribution in [-0.4, -0.2) is 82.3 Å². The number of nitrogens with zero attached hydrogens (tertiary/aromatic N) is 1. The van der Waals surface area contributed by atoms with Crippen molar-refractivity contribution in [1.29, 1.82) is 0 Å². The van der Waals surface area contributed by atoms with Crippen molar-refractivity contribution in [3.05, 3.63) is 24.3 Å². The summed E-state index contributed by atoms with van der Waals surface area (Å²) in [6, 6.07) is 0. The highest BCUT2D eigenvalue weighted by molar-refractivity contribution is 5.70. The van der Waals surface area contributed by atoms with Crippen molar-refractivity contribution in [1.82, 2.24) is 0 Å². The molecular weight excluding hydrogens is 1100 g/mol. The number of hydrogen-bond donors (Lipinski definition) is 0. The lowest BCUT2D eigenvalue weighted by molar-refractivity contribution is -0.870. The Kier molecular flexibility index (Phi) is 69.8. The molecule has 0 fully saturated rings. The molecule has 2 unspecified atom stereocenters. The number of carboxylic acid groups (broad SMARTS) is 1. The number of carbonyl (C=O) groups is 3. The molecule has 0 aliphatic carbocycles. The second kappa shape index (κ2) is 71.6. The molecule has 0 heterocycles. The van der Waals surface area contributed by atoms with Gasteiger partial charge in [-0.3, -0.25) is 9.59 Å². The number of unbranched alkanes of at least 4 members (excludes halogenated alkanes) is 56. The Morgan fingerprint density at radius 2 is 0.573 bits per heavy atom. The Morgan fingerprint density at radius 3 is 0.831 bits per heavy atom. The van der Waals surface area contributed by atoms with Crippen LogP contribution in [-0.2, 0) is 33.3 Å². The molecule has 526 valence electrons. The van der Waals surface area contributed by atoms with Gasteiger partial charge in [-0.1, -0.05) is 359 Å². The Hall–Kier alpha value is -2.23. The van der Waals surface area contributed by atoms with Crippen molar-refractivity contribution in [2.75, 3.05) is 47.5 Å². The maximum atomic E-state index is 13.0. The second-order valence-corrected chi connectivity index (χ2v) is 28.4. The zero-order chi connectivity index (χ0) is 64.7. The fourth-order valence-corrected chi connectivity index (χ4v) is 12.1. The normalized spacial score (nSPS) is 12.7. The smallest absolute Gasteiger partial charge is 0.306 e. The summed E-state index contributed by atoms with van der Waals surface area (Å²) in [6.07, 6.45) is 87.3. The van der Waals surface area contributed by atoms with Crippen molar-refractivity contribution in [2.45, 2.75) is 424 Å². The van der Waals surface area contributed by atoms with Gasteiger partial charge in [0.2, 0.25) is 0 Å². The van der Waals surface area contributed by atoms with E-state index in [-0.39, 0.29) is 32.2 Å². The minimum Gasteiger partial charge on any atom is -0.545 e. The zero-order valence-corrected chi connectivity index (χ0v) is 60.3. The van der Waals surface area contributed by atoms with Crippen molar-refractivity contribution in [2.24, 2.45) is 0 Å². The summed E-state index contributed by atoms with van der Waals surface area (Å²) in [6.45, 7) is 4.83. The molecule has 89 heavy (non-hydrogen) atoms. The minimum atomic E-state index is -1.62. The second-order valence-electron chi connectivity index (χ2n) is 28.4. The van der Waals surface area contributed by atoms with Crippen LogP contribution in [0, 0.1) is 0 Å². The Labute approximate surface area is 554 Å². The number of carboxylic acids is 1. The standard InChI is InChI=1S/C80H153NO8/c1-6-8-10-12-14-16-18-20-22-24-26-28-30-32-34-35-36-37-38-39-40-41-42-43-45-47-49-51-53-55-57-59-61-63-65-67-69-71-78(83)89-76(75-88-80(79(84)85)86-73-72-81(3,4)5)74-87-77(82)70-68-66-64-62-60-58-56-54-52-50-48-46-44-33-31-29-27-25-23-21-19-17-15-13-11-9-7-2/h24-27,76,80H,6-23,28-75H2,1-5H3/b26-24-,27-25-. The van der Waals surface area contributed by atoms with Gasteiger partial charge in [0.05, 0.1) is 40.3 Å². The van der Waals surface area contributed by atoms with Crippen LogP contribution in [0.4, 0.5) is 0 Å². The van der Waals surface area contributed by atoms with Gasteiger partial charge in [0.1, 0.15) is 13.2 Å². The lowest BCUT2D eigenvalue weighted by Crippen LogP contribution is -2.44. The van der Waals surface area contributed by atoms with Crippen LogP contribution in [0.1, 0.15) is 412 Å². The van der Waals surface area contributed by atoms with Crippen molar-refractivity contribution < 1.29 is 42.9 Å². The average molecular weight is 1260 g/mol. The Bertz CT molecular complexity index is 1510. The Morgan fingerprint density at radius 1 is 0.326 bits per heavy atom. The highest BCUT2D eigenvalue weighted by Crippen LogP contribution is 2.20. The van der Waals surface area contributed by atoms with Crippen molar-refractivity contribution >= 4 is 17.9 Å². The third-order valence-electron chi connectivity index (χ3n) is 18.2. The van der Waals surface area contributed by atoms with Crippen molar-refractivity contribution in [3.63, 3.8) is 0 Å². The molecule has 0 aromatic carbocycles. The number of allylic oxidation sites excluding steroid dienone is 4. The maximum absolute atomic E-state index is 13.0. The summed E-state index contributed by atoms with van der Waals surface area (Å²) in [5.74, 6) is -2.25. The van der Waals surface area contributed by atoms with Crippen LogP contribution < -0.4 is 5.11 Å². The number of esters is 2. The number of likely N-dealkylation sites (N-methyl/N-ethyl adjacent to an activating group) is 1. The lowest BCUT2D eigenvalue weighted by Gasteiger charge is -2.26. The highest BCUT2D eigenvalue weighted by atomic mass is 16.7. The number of aliphatic carboxylic acids is 1. The van der Waals surface area contributed by atoms with E-state index >= 15 is 0 Å². The van der Waals surface area contributed by atoms with Gasteiger partial charge < -0.3 is 33.3 Å². The third kappa shape index (κ3) is 73.1. The molecule has 0 N–H and O–H groups in total. The van der Waals surface area contributed by atoms with Crippen LogP contribution in [0.2, 0.25) is 0 Å². The molecule has 2 atom stereocenters. The summed E-state index contributed by atoms with van der Waals surface area (Å²) in [5.41, 5.74) is 0. The summed E-state index contributed by atoms with van der Waals surface area (Å²) < 4.78 is 22.9. The first-order valence-corrected chi connectivity index (χ1v) is 39.5. The zero-order valence-electron chi connectivity index (χ0n) is 60.3. The molecule has 0 saturated carbocycles. The van der Waals surface area contributed by atoms with Gasteiger partial charge in [-0.2, -0.15) is 0 Å². The largest absolute Gasteiger partial charge is 0.545 e. The van der Waals surface area contributed by atoms with Gasteiger partial charge >= 0.3 is 11.9 Å². The van der Waals surface area contributed by atoms with E-state index in [1.807, 2.05) is 21.1 Å². The van der Waals surface area contributed by atoms with Crippen LogP contribution in [0.15, 0.2) is 24.3 Å². The summed E-state index contributed by atoms with van der Waals surface area (Å²) >= 11 is 0. The van der Waals surface area contributed by atoms with Crippen LogP contribution >= 0.6 is 0 Å². The number of quaternary nitrogens is 1. The van der Waals surface area contributed by atoms with Gasteiger partial charge in [0.25, 0.3) is 0 Å². The predicted molar refractivity (Wildman–Crippen MR) is 380 cm³/mol. The van der Waals surface area contributed by atoms with E-state index in [0.717, 1.165) is 38.5 Å². The van der Waals surface area contributed by atoms with Gasteiger partial charge in [-0.25, -0.2) is 0 Å². The summed E-state index contributed by atoms with van der Waals surface area (Å²) in [4.78, 5) is 37.6. The maximum Gasteiger partial charge on any atom is 0.306 e. The molecule has 0 aliphatic rings. The minimum absolute atomic E-state index is 0.152. The van der Waals surface area contributed by atoms with E-state index in [0.29, 0.717) is 17.4 Å². The van der Waals surface area contributed by atoms with Crippen LogP contribution in [0.5, 0.6) is 0 Å². The molecule has 0 aliphatic heterocycles. The average Bonchev–Trinajstić information content (AvgIpc) is 3.70. The van der Waals surface area contributed by atoms with E-state index in [2.05, 4.69) is 38.2 Å². The fraction of sp³-hybridized carbons (Fsp3) is 0.912. The number of hydrogen-bond acceptors (Lipinski definition) is 8. The van der Waals surface area contributed by atoms with Gasteiger partial charge in [-0.15, -0.1) is 0 Å². The molecule has 0 spiro atoms. The van der Waals surface area contributed by atoms with E-state index in [1.165, 1.54) is 347 Å². The fourth-order valence-electron chi connectivity index (χ4n) is 12.1. The molecule has 0 bridgehead atoms. The third-order valence-corrected chi connectivity index (χ3v) is 18.2. The monoisotopic (exact) mass is 1260 g/mol.